The van der Waals surface area contributed by atoms with Gasteiger partial charge in [-0.3, -0.25) is 4.99 Å². The normalized spacial score (nSPS) is 10.3. The van der Waals surface area contributed by atoms with E-state index < -0.39 is 0 Å². The molecule has 0 aliphatic carbocycles. The Bertz CT molecular complexity index is 368. The summed E-state index contributed by atoms with van der Waals surface area (Å²) >= 11 is 0. The van der Waals surface area contributed by atoms with Crippen molar-refractivity contribution in [1.29, 1.82) is 0 Å². The van der Waals surface area contributed by atoms with Crippen molar-refractivity contribution in [2.75, 3.05) is 0 Å². The summed E-state index contributed by atoms with van der Waals surface area (Å²) in [6.07, 6.45) is 0. The van der Waals surface area contributed by atoms with Crippen molar-refractivity contribution in [3.8, 4) is 0 Å². The molecule has 0 aliphatic heterocycles. The van der Waals surface area contributed by atoms with E-state index in [-0.39, 0.29) is 0 Å². The molecule has 1 aromatic carbocycles. The van der Waals surface area contributed by atoms with E-state index >= 15 is 0 Å². The summed E-state index contributed by atoms with van der Waals surface area (Å²) in [6.45, 7) is 4.12. The Morgan fingerprint density at radius 3 is 2.92 bits per heavy atom. The number of aromatic amines is 1. The van der Waals surface area contributed by atoms with E-state index in [2.05, 4.69) is 34.9 Å². The van der Waals surface area contributed by atoms with Crippen molar-refractivity contribution in [3.05, 3.63) is 36.0 Å². The molecule has 0 aliphatic rings. The molecule has 1 aromatic heterocycles. The maximum atomic E-state index is 3.82. The van der Waals surface area contributed by atoms with Crippen LogP contribution in [0, 0.1) is 0 Å². The fourth-order valence-corrected chi connectivity index (χ4v) is 1.34. The molecular formula is C10H10N2. The van der Waals surface area contributed by atoms with Gasteiger partial charge in [0.05, 0.1) is 6.54 Å². The van der Waals surface area contributed by atoms with Gasteiger partial charge in [0.2, 0.25) is 0 Å². The summed E-state index contributed by atoms with van der Waals surface area (Å²) in [5.74, 6) is 0. The zero-order valence-corrected chi connectivity index (χ0v) is 6.75. The first-order valence-corrected chi connectivity index (χ1v) is 3.89. The maximum absolute atomic E-state index is 3.82. The number of H-pyrrole nitrogens is 1. The minimum Gasteiger partial charge on any atom is -0.357 e. The Kier molecular flexibility index (Phi) is 1.67. The highest BCUT2D eigenvalue weighted by Crippen LogP contribution is 2.14. The van der Waals surface area contributed by atoms with E-state index in [1.807, 2.05) is 12.1 Å². The van der Waals surface area contributed by atoms with Gasteiger partial charge < -0.3 is 4.98 Å². The van der Waals surface area contributed by atoms with E-state index in [4.69, 9.17) is 0 Å². The largest absolute Gasteiger partial charge is 0.357 e. The first-order chi connectivity index (χ1) is 5.90. The second-order valence-electron chi connectivity index (χ2n) is 2.76. The molecule has 60 valence electrons. The summed E-state index contributed by atoms with van der Waals surface area (Å²) < 4.78 is 0. The van der Waals surface area contributed by atoms with Gasteiger partial charge in [-0.2, -0.15) is 0 Å². The number of hydrogen-bond donors (Lipinski definition) is 1. The lowest BCUT2D eigenvalue weighted by molar-refractivity contribution is 1.03. The molecule has 0 fully saturated rings. The van der Waals surface area contributed by atoms with Crippen molar-refractivity contribution < 1.29 is 0 Å². The highest BCUT2D eigenvalue weighted by Gasteiger charge is 1.96. The SMILES string of the molecule is C=NCc1cc2ccccc2[nH]1. The van der Waals surface area contributed by atoms with Crippen LogP contribution >= 0.6 is 0 Å². The smallest absolute Gasteiger partial charge is 0.0782 e. The Morgan fingerprint density at radius 1 is 1.33 bits per heavy atom. The Balaban J connectivity index is 2.54. The average molecular weight is 158 g/mol. The van der Waals surface area contributed by atoms with Crippen molar-refractivity contribution in [3.63, 3.8) is 0 Å². The molecule has 2 rings (SSSR count). The number of aliphatic imine (C=N–C) groups is 1. The van der Waals surface area contributed by atoms with E-state index in [1.165, 1.54) is 5.39 Å². The third-order valence-corrected chi connectivity index (χ3v) is 1.87. The molecule has 2 aromatic rings. The number of hydrogen-bond acceptors (Lipinski definition) is 1. The molecule has 0 unspecified atom stereocenters. The molecule has 0 saturated heterocycles. The van der Waals surface area contributed by atoms with Crippen LogP contribution in [0.5, 0.6) is 0 Å². The number of aromatic nitrogens is 1. The maximum Gasteiger partial charge on any atom is 0.0782 e. The van der Waals surface area contributed by atoms with E-state index in [0.29, 0.717) is 6.54 Å². The minimum absolute atomic E-state index is 0.661. The first-order valence-electron chi connectivity index (χ1n) is 3.89. The Labute approximate surface area is 70.9 Å². The number of nitrogens with zero attached hydrogens (tertiary/aromatic N) is 1. The average Bonchev–Trinajstić information content (AvgIpc) is 2.47. The summed E-state index contributed by atoms with van der Waals surface area (Å²) in [5.41, 5.74) is 2.28. The summed E-state index contributed by atoms with van der Waals surface area (Å²) in [6, 6.07) is 10.3. The molecule has 0 saturated carbocycles. The van der Waals surface area contributed by atoms with Crippen LogP contribution in [0.4, 0.5) is 0 Å². The number of para-hydroxylation sites is 1. The van der Waals surface area contributed by atoms with Gasteiger partial charge in [0.15, 0.2) is 0 Å². The molecule has 0 bridgehead atoms. The van der Waals surface area contributed by atoms with Gasteiger partial charge in [0.25, 0.3) is 0 Å². The quantitative estimate of drug-likeness (QED) is 0.650. The van der Waals surface area contributed by atoms with Crippen LogP contribution in [0.3, 0.4) is 0 Å². The molecule has 12 heavy (non-hydrogen) atoms. The third-order valence-electron chi connectivity index (χ3n) is 1.87. The van der Waals surface area contributed by atoms with Crippen molar-refractivity contribution in [1.82, 2.24) is 4.98 Å². The molecule has 0 spiro atoms. The monoisotopic (exact) mass is 158 g/mol. The predicted molar refractivity (Wildman–Crippen MR) is 51.6 cm³/mol. The van der Waals surface area contributed by atoms with Crippen molar-refractivity contribution in [2.24, 2.45) is 4.99 Å². The predicted octanol–water partition coefficient (Wildman–Crippen LogP) is 2.37. The van der Waals surface area contributed by atoms with Gasteiger partial charge in [-0.25, -0.2) is 0 Å². The van der Waals surface area contributed by atoms with Gasteiger partial charge in [-0.15, -0.1) is 0 Å². The van der Waals surface area contributed by atoms with E-state index in [0.717, 1.165) is 11.2 Å². The lowest BCUT2D eigenvalue weighted by Gasteiger charge is -1.86. The van der Waals surface area contributed by atoms with Crippen LogP contribution in [0.25, 0.3) is 10.9 Å². The highest BCUT2D eigenvalue weighted by atomic mass is 14.8. The molecule has 2 nitrogen and oxygen atoms in total. The lowest BCUT2D eigenvalue weighted by atomic mass is 10.2. The van der Waals surface area contributed by atoms with Crippen LogP contribution in [0.2, 0.25) is 0 Å². The van der Waals surface area contributed by atoms with Crippen LogP contribution in [-0.2, 0) is 6.54 Å². The summed E-state index contributed by atoms with van der Waals surface area (Å²) in [7, 11) is 0. The fraction of sp³-hybridized carbons (Fsp3) is 0.100. The molecule has 0 atom stereocenters. The first kappa shape index (κ1) is 7.10. The van der Waals surface area contributed by atoms with Crippen molar-refractivity contribution >= 4 is 17.6 Å². The molecule has 1 heterocycles. The van der Waals surface area contributed by atoms with Gasteiger partial charge >= 0.3 is 0 Å². The van der Waals surface area contributed by atoms with Gasteiger partial charge in [-0.05, 0) is 24.2 Å². The molecule has 2 heteroatoms. The van der Waals surface area contributed by atoms with Gasteiger partial charge in [-0.1, -0.05) is 18.2 Å². The van der Waals surface area contributed by atoms with Gasteiger partial charge in [0.1, 0.15) is 0 Å². The second kappa shape index (κ2) is 2.81. The lowest BCUT2D eigenvalue weighted by Crippen LogP contribution is -1.77. The molecule has 0 amide bonds. The molecule has 1 N–H and O–H groups in total. The van der Waals surface area contributed by atoms with Crippen LogP contribution in [0.15, 0.2) is 35.3 Å². The van der Waals surface area contributed by atoms with Crippen LogP contribution in [0.1, 0.15) is 5.69 Å². The van der Waals surface area contributed by atoms with E-state index in [9.17, 15) is 0 Å². The topological polar surface area (TPSA) is 28.1 Å². The number of fused-ring (bicyclic) bond motifs is 1. The second-order valence-corrected chi connectivity index (χ2v) is 2.76. The minimum atomic E-state index is 0.661. The van der Waals surface area contributed by atoms with Crippen molar-refractivity contribution in [2.45, 2.75) is 6.54 Å². The fourth-order valence-electron chi connectivity index (χ4n) is 1.34. The summed E-state index contributed by atoms with van der Waals surface area (Å²) in [4.78, 5) is 7.08. The third kappa shape index (κ3) is 1.11. The number of benzene rings is 1. The molecule has 0 radical (unpaired) electrons. The number of nitrogens with one attached hydrogen (secondary N) is 1. The standard InChI is InChI=1S/C10H10N2/c1-11-7-9-6-8-4-2-3-5-10(8)12-9/h2-6,12H,1,7H2. The Morgan fingerprint density at radius 2 is 2.17 bits per heavy atom. The zero-order chi connectivity index (χ0) is 8.39. The van der Waals surface area contributed by atoms with Crippen LogP contribution in [-0.4, -0.2) is 11.7 Å². The zero-order valence-electron chi connectivity index (χ0n) is 6.75. The van der Waals surface area contributed by atoms with E-state index in [1.54, 1.807) is 0 Å². The highest BCUT2D eigenvalue weighted by molar-refractivity contribution is 5.80. The Hall–Kier alpha value is -1.57. The van der Waals surface area contributed by atoms with Crippen LogP contribution < -0.4 is 0 Å². The number of rotatable bonds is 2. The molecular weight excluding hydrogens is 148 g/mol. The van der Waals surface area contributed by atoms with Gasteiger partial charge in [0, 0.05) is 11.2 Å². The summed E-state index contributed by atoms with van der Waals surface area (Å²) in [5, 5.41) is 1.23.